The Morgan fingerprint density at radius 3 is 2.68 bits per heavy atom. The SMILES string of the molecule is O=C1Cn2c(c(C3CCCCC3)c3ccc(C(=O)NS(=O)O)cc32)-c2ccccc2N1. The van der Waals surface area contributed by atoms with Crippen LogP contribution >= 0.6 is 0 Å². The van der Waals surface area contributed by atoms with Crippen molar-refractivity contribution in [3.63, 3.8) is 0 Å². The van der Waals surface area contributed by atoms with Gasteiger partial charge in [-0.15, -0.1) is 0 Å². The first-order valence-corrected chi connectivity index (χ1v) is 11.6. The van der Waals surface area contributed by atoms with E-state index in [9.17, 15) is 13.8 Å². The van der Waals surface area contributed by atoms with E-state index in [-0.39, 0.29) is 18.0 Å². The van der Waals surface area contributed by atoms with E-state index in [0.29, 0.717) is 5.92 Å². The largest absolute Gasteiger partial charge is 0.331 e. The summed E-state index contributed by atoms with van der Waals surface area (Å²) < 4.78 is 24.1. The van der Waals surface area contributed by atoms with Crippen LogP contribution < -0.4 is 10.0 Å². The molecule has 2 aromatic carbocycles. The van der Waals surface area contributed by atoms with Gasteiger partial charge in [0.25, 0.3) is 17.2 Å². The van der Waals surface area contributed by atoms with Gasteiger partial charge in [0.15, 0.2) is 0 Å². The maximum absolute atomic E-state index is 12.7. The molecule has 1 atom stereocenters. The molecule has 8 heteroatoms. The molecule has 1 aliphatic heterocycles. The third kappa shape index (κ3) is 3.55. The number of fused-ring (bicyclic) bond motifs is 5. The van der Waals surface area contributed by atoms with Gasteiger partial charge in [0, 0.05) is 16.5 Å². The predicted octanol–water partition coefficient (Wildman–Crippen LogP) is 4.17. The average Bonchev–Trinajstić information content (AvgIpc) is 2.98. The van der Waals surface area contributed by atoms with Crippen LogP contribution in [-0.2, 0) is 22.6 Å². The molecule has 1 fully saturated rings. The second kappa shape index (κ2) is 7.94. The zero-order chi connectivity index (χ0) is 21.5. The zero-order valence-electron chi connectivity index (χ0n) is 16.9. The van der Waals surface area contributed by atoms with Gasteiger partial charge in [-0.3, -0.25) is 14.1 Å². The van der Waals surface area contributed by atoms with Crippen molar-refractivity contribution in [3.05, 3.63) is 53.6 Å². The monoisotopic (exact) mass is 437 g/mol. The summed E-state index contributed by atoms with van der Waals surface area (Å²) in [7, 11) is 0. The van der Waals surface area contributed by atoms with Gasteiger partial charge in [-0.2, -0.15) is 0 Å². The quantitative estimate of drug-likeness (QED) is 0.535. The van der Waals surface area contributed by atoms with Gasteiger partial charge in [0.1, 0.15) is 6.54 Å². The minimum atomic E-state index is -2.44. The minimum Gasteiger partial charge on any atom is -0.331 e. The molecule has 0 bridgehead atoms. The standard InChI is InChI=1S/C23H23N3O4S/c27-20-13-26-19-12-15(23(28)25-31(29)30)10-11-17(19)21(14-6-2-1-3-7-14)22(26)16-8-4-5-9-18(16)24-20/h4-5,8-12,14H,1-3,6-7,13H2,(H,24,27)(H,25,28)(H,29,30). The number of amides is 2. The Morgan fingerprint density at radius 2 is 1.90 bits per heavy atom. The fourth-order valence-electron chi connectivity index (χ4n) is 5.05. The molecule has 1 saturated carbocycles. The Morgan fingerprint density at radius 1 is 1.13 bits per heavy atom. The third-order valence-corrected chi connectivity index (χ3v) is 6.68. The Labute approximate surface area is 182 Å². The summed E-state index contributed by atoms with van der Waals surface area (Å²) in [5.41, 5.74) is 5.10. The summed E-state index contributed by atoms with van der Waals surface area (Å²) in [4.78, 5) is 25.1. The maximum atomic E-state index is 12.7. The van der Waals surface area contributed by atoms with Gasteiger partial charge in [-0.1, -0.05) is 43.5 Å². The van der Waals surface area contributed by atoms with Crippen LogP contribution in [-0.4, -0.2) is 25.1 Å². The molecular weight excluding hydrogens is 414 g/mol. The molecule has 0 saturated heterocycles. The van der Waals surface area contributed by atoms with E-state index >= 15 is 0 Å². The highest BCUT2D eigenvalue weighted by Crippen LogP contribution is 2.46. The highest BCUT2D eigenvalue weighted by Gasteiger charge is 2.30. The van der Waals surface area contributed by atoms with Crippen LogP contribution in [0.15, 0.2) is 42.5 Å². The summed E-state index contributed by atoms with van der Waals surface area (Å²) in [6, 6.07) is 13.1. The third-order valence-electron chi connectivity index (χ3n) is 6.32. The van der Waals surface area contributed by atoms with Gasteiger partial charge < -0.3 is 9.88 Å². The fourth-order valence-corrected chi connectivity index (χ4v) is 5.32. The van der Waals surface area contributed by atoms with Crippen molar-refractivity contribution in [2.45, 2.75) is 44.6 Å². The number of aromatic nitrogens is 1. The number of hydrogen-bond donors (Lipinski definition) is 3. The van der Waals surface area contributed by atoms with Crippen LogP contribution in [0.5, 0.6) is 0 Å². The van der Waals surface area contributed by atoms with Crippen molar-refractivity contribution in [1.29, 1.82) is 0 Å². The number of rotatable bonds is 3. The number of para-hydroxylation sites is 1. The van der Waals surface area contributed by atoms with Crippen LogP contribution in [0.1, 0.15) is 53.9 Å². The van der Waals surface area contributed by atoms with Gasteiger partial charge in [-0.05, 0) is 42.5 Å². The van der Waals surface area contributed by atoms with Crippen LogP contribution in [0.3, 0.4) is 0 Å². The number of benzene rings is 2. The maximum Gasteiger partial charge on any atom is 0.264 e. The van der Waals surface area contributed by atoms with E-state index in [0.717, 1.165) is 40.7 Å². The van der Waals surface area contributed by atoms with E-state index < -0.39 is 17.2 Å². The molecule has 160 valence electrons. The van der Waals surface area contributed by atoms with Crippen LogP contribution in [0.4, 0.5) is 5.69 Å². The number of carbonyl (C=O) groups excluding carboxylic acids is 2. The molecular formula is C23H23N3O4S. The number of anilines is 1. The summed E-state index contributed by atoms with van der Waals surface area (Å²) in [6.07, 6.45) is 5.79. The van der Waals surface area contributed by atoms with Crippen LogP contribution in [0, 0.1) is 0 Å². The number of hydrogen-bond acceptors (Lipinski definition) is 3. The molecule has 2 amide bonds. The van der Waals surface area contributed by atoms with Crippen molar-refractivity contribution in [1.82, 2.24) is 9.29 Å². The number of nitrogens with one attached hydrogen (secondary N) is 2. The number of nitrogens with zero attached hydrogens (tertiary/aromatic N) is 1. The van der Waals surface area contributed by atoms with Crippen molar-refractivity contribution < 1.29 is 18.4 Å². The van der Waals surface area contributed by atoms with E-state index in [2.05, 4.69) is 5.32 Å². The lowest BCUT2D eigenvalue weighted by Gasteiger charge is -2.23. The van der Waals surface area contributed by atoms with Crippen molar-refractivity contribution in [2.24, 2.45) is 0 Å². The molecule has 2 heterocycles. The van der Waals surface area contributed by atoms with E-state index in [1.807, 2.05) is 39.6 Å². The molecule has 3 aromatic rings. The summed E-state index contributed by atoms with van der Waals surface area (Å²) in [6.45, 7) is 0.143. The van der Waals surface area contributed by atoms with Crippen LogP contribution in [0.2, 0.25) is 0 Å². The molecule has 0 radical (unpaired) electrons. The first-order chi connectivity index (χ1) is 15.0. The van der Waals surface area contributed by atoms with Gasteiger partial charge in [0.2, 0.25) is 5.91 Å². The fraction of sp³-hybridized carbons (Fsp3) is 0.304. The molecule has 5 rings (SSSR count). The Bertz CT molecular complexity index is 1230. The average molecular weight is 438 g/mol. The molecule has 0 spiro atoms. The molecule has 2 aliphatic rings. The number of carbonyl (C=O) groups is 2. The zero-order valence-corrected chi connectivity index (χ0v) is 17.7. The van der Waals surface area contributed by atoms with Gasteiger partial charge in [0.05, 0.1) is 16.9 Å². The Kier molecular flexibility index (Phi) is 5.11. The minimum absolute atomic E-state index is 0.121. The highest BCUT2D eigenvalue weighted by atomic mass is 32.2. The lowest BCUT2D eigenvalue weighted by atomic mass is 9.81. The Balaban J connectivity index is 1.79. The Hall–Kier alpha value is -2.97. The molecule has 3 N–H and O–H groups in total. The lowest BCUT2D eigenvalue weighted by molar-refractivity contribution is -0.116. The summed E-state index contributed by atoms with van der Waals surface area (Å²) in [5.74, 6) is -0.362. The molecule has 1 aromatic heterocycles. The van der Waals surface area contributed by atoms with Crippen molar-refractivity contribution in [3.8, 4) is 11.3 Å². The van der Waals surface area contributed by atoms with Crippen LogP contribution in [0.25, 0.3) is 22.2 Å². The second-order valence-corrected chi connectivity index (χ2v) is 8.89. The predicted molar refractivity (Wildman–Crippen MR) is 120 cm³/mol. The van der Waals surface area contributed by atoms with Crippen molar-refractivity contribution in [2.75, 3.05) is 5.32 Å². The summed E-state index contributed by atoms with van der Waals surface area (Å²) in [5, 5.41) is 4.04. The first-order valence-electron chi connectivity index (χ1n) is 10.5. The summed E-state index contributed by atoms with van der Waals surface area (Å²) >= 11 is -2.44. The van der Waals surface area contributed by atoms with Gasteiger partial charge >= 0.3 is 0 Å². The topological polar surface area (TPSA) is 100 Å². The molecule has 1 unspecified atom stereocenters. The van der Waals surface area contributed by atoms with E-state index in [1.54, 1.807) is 12.1 Å². The van der Waals surface area contributed by atoms with E-state index in [1.165, 1.54) is 24.8 Å². The molecule has 1 aliphatic carbocycles. The normalized spacial score (nSPS) is 17.4. The second-order valence-electron chi connectivity index (χ2n) is 8.19. The molecule has 31 heavy (non-hydrogen) atoms. The van der Waals surface area contributed by atoms with E-state index in [4.69, 9.17) is 4.55 Å². The van der Waals surface area contributed by atoms with Crippen molar-refractivity contribution >= 4 is 39.7 Å². The lowest BCUT2D eigenvalue weighted by Crippen LogP contribution is -2.25. The smallest absolute Gasteiger partial charge is 0.264 e. The molecule has 7 nitrogen and oxygen atoms in total. The first kappa shape index (κ1) is 20.0. The highest BCUT2D eigenvalue weighted by molar-refractivity contribution is 7.77. The van der Waals surface area contributed by atoms with Gasteiger partial charge in [-0.25, -0.2) is 8.93 Å².